The van der Waals surface area contributed by atoms with Crippen LogP contribution in [0.25, 0.3) is 83.1 Å². The van der Waals surface area contributed by atoms with Gasteiger partial charge < -0.3 is 9.47 Å². The standard InChI is InChI=1S/C60H42N2/c1-5-21-43(22-6-1)49-29-13-14-30-50(49)47-39-41-48(42-40-47)61(55-35-17-15-31-51(55)44-23-7-2-8-24-44)57-37-20-38-58-59(57)54-32-16-18-36-56(54)62(58)60-52(45-25-9-3-10-26-45)33-19-34-53(60)46-27-11-4-12-28-46/h1-42H. The van der Waals surface area contributed by atoms with Gasteiger partial charge in [-0.1, -0.05) is 218 Å². The molecule has 0 fully saturated rings. The number of rotatable bonds is 9. The quantitative estimate of drug-likeness (QED) is 0.141. The molecule has 2 nitrogen and oxygen atoms in total. The summed E-state index contributed by atoms with van der Waals surface area (Å²) in [5.41, 5.74) is 18.6. The molecule has 0 unspecified atom stereocenters. The molecule has 62 heavy (non-hydrogen) atoms. The van der Waals surface area contributed by atoms with Gasteiger partial charge >= 0.3 is 0 Å². The molecule has 0 bridgehead atoms. The fourth-order valence-corrected chi connectivity index (χ4v) is 9.25. The third-order valence-corrected chi connectivity index (χ3v) is 12.0. The molecule has 0 spiro atoms. The molecular formula is C60H42N2. The van der Waals surface area contributed by atoms with E-state index in [0.717, 1.165) is 39.3 Å². The summed E-state index contributed by atoms with van der Waals surface area (Å²) in [6.45, 7) is 0. The minimum Gasteiger partial charge on any atom is -0.309 e. The molecule has 292 valence electrons. The molecule has 0 aliphatic rings. The lowest BCUT2D eigenvalue weighted by Crippen LogP contribution is -2.11. The van der Waals surface area contributed by atoms with Crippen molar-refractivity contribution in [2.75, 3.05) is 4.90 Å². The molecule has 0 saturated heterocycles. The Bertz CT molecular complexity index is 3260. The summed E-state index contributed by atoms with van der Waals surface area (Å²) >= 11 is 0. The second kappa shape index (κ2) is 16.1. The number of anilines is 3. The summed E-state index contributed by atoms with van der Waals surface area (Å²) in [4.78, 5) is 2.47. The Morgan fingerprint density at radius 2 is 0.645 bits per heavy atom. The largest absolute Gasteiger partial charge is 0.309 e. The lowest BCUT2D eigenvalue weighted by Gasteiger charge is -2.29. The maximum atomic E-state index is 2.50. The van der Waals surface area contributed by atoms with E-state index in [1.165, 1.54) is 60.8 Å². The first-order valence-electron chi connectivity index (χ1n) is 21.3. The summed E-state index contributed by atoms with van der Waals surface area (Å²) in [5.74, 6) is 0. The van der Waals surface area contributed by atoms with Gasteiger partial charge in [0.1, 0.15) is 0 Å². The lowest BCUT2D eigenvalue weighted by molar-refractivity contribution is 1.18. The Morgan fingerprint density at radius 1 is 0.258 bits per heavy atom. The zero-order valence-corrected chi connectivity index (χ0v) is 34.1. The molecule has 0 aliphatic carbocycles. The van der Waals surface area contributed by atoms with E-state index >= 15 is 0 Å². The van der Waals surface area contributed by atoms with Gasteiger partial charge in [-0.15, -0.1) is 0 Å². The maximum absolute atomic E-state index is 2.50. The number of aromatic nitrogens is 1. The molecule has 11 rings (SSSR count). The summed E-state index contributed by atoms with van der Waals surface area (Å²) < 4.78 is 2.50. The van der Waals surface area contributed by atoms with Crippen LogP contribution in [-0.4, -0.2) is 4.57 Å². The van der Waals surface area contributed by atoms with E-state index in [1.54, 1.807) is 0 Å². The molecule has 0 atom stereocenters. The van der Waals surface area contributed by atoms with Crippen molar-refractivity contribution in [3.8, 4) is 61.3 Å². The van der Waals surface area contributed by atoms with E-state index < -0.39 is 0 Å². The van der Waals surface area contributed by atoms with Crippen LogP contribution < -0.4 is 4.90 Å². The second-order valence-electron chi connectivity index (χ2n) is 15.6. The molecule has 1 aromatic heterocycles. The van der Waals surface area contributed by atoms with Gasteiger partial charge in [-0.25, -0.2) is 0 Å². The van der Waals surface area contributed by atoms with Gasteiger partial charge in [-0.3, -0.25) is 0 Å². The number of hydrogen-bond acceptors (Lipinski definition) is 1. The Labute approximate surface area is 362 Å². The first kappa shape index (κ1) is 36.8. The van der Waals surface area contributed by atoms with Crippen LogP contribution in [0.2, 0.25) is 0 Å². The van der Waals surface area contributed by atoms with Crippen molar-refractivity contribution in [2.24, 2.45) is 0 Å². The highest BCUT2D eigenvalue weighted by Gasteiger charge is 2.25. The van der Waals surface area contributed by atoms with Crippen molar-refractivity contribution in [2.45, 2.75) is 0 Å². The van der Waals surface area contributed by atoms with Gasteiger partial charge in [0.15, 0.2) is 0 Å². The van der Waals surface area contributed by atoms with Crippen LogP contribution in [0, 0.1) is 0 Å². The zero-order chi connectivity index (χ0) is 41.2. The van der Waals surface area contributed by atoms with Crippen molar-refractivity contribution in [3.63, 3.8) is 0 Å². The number of hydrogen-bond donors (Lipinski definition) is 0. The Morgan fingerprint density at radius 3 is 1.23 bits per heavy atom. The van der Waals surface area contributed by atoms with Crippen LogP contribution in [0.3, 0.4) is 0 Å². The number of benzene rings is 10. The first-order chi connectivity index (χ1) is 30.8. The first-order valence-corrected chi connectivity index (χ1v) is 21.3. The second-order valence-corrected chi connectivity index (χ2v) is 15.6. The number of nitrogens with zero attached hydrogens (tertiary/aromatic N) is 2. The topological polar surface area (TPSA) is 8.17 Å². The SMILES string of the molecule is c1ccc(-c2ccccc2-c2ccc(N(c3ccccc3-c3ccccc3)c3cccc4c3c3ccccc3n4-c3c(-c4ccccc4)cccc3-c3ccccc3)cc2)cc1. The fraction of sp³-hybridized carbons (Fsp3) is 0. The average molecular weight is 791 g/mol. The molecule has 1 heterocycles. The monoisotopic (exact) mass is 790 g/mol. The van der Waals surface area contributed by atoms with Gasteiger partial charge in [0.25, 0.3) is 0 Å². The van der Waals surface area contributed by atoms with Crippen molar-refractivity contribution in [3.05, 3.63) is 255 Å². The van der Waals surface area contributed by atoms with E-state index in [4.69, 9.17) is 0 Å². The Balaban J connectivity index is 1.18. The van der Waals surface area contributed by atoms with Crippen LogP contribution in [0.5, 0.6) is 0 Å². The van der Waals surface area contributed by atoms with Gasteiger partial charge in [-0.05, 0) is 75.3 Å². The fourth-order valence-electron chi connectivity index (χ4n) is 9.25. The van der Waals surface area contributed by atoms with Crippen molar-refractivity contribution in [1.29, 1.82) is 0 Å². The van der Waals surface area contributed by atoms with Crippen molar-refractivity contribution < 1.29 is 0 Å². The number of para-hydroxylation sites is 3. The molecule has 11 aromatic rings. The van der Waals surface area contributed by atoms with Crippen molar-refractivity contribution >= 4 is 38.9 Å². The van der Waals surface area contributed by atoms with Crippen LogP contribution in [0.15, 0.2) is 255 Å². The highest BCUT2D eigenvalue weighted by Crippen LogP contribution is 2.48. The van der Waals surface area contributed by atoms with Crippen molar-refractivity contribution in [1.82, 2.24) is 4.57 Å². The van der Waals surface area contributed by atoms with E-state index in [9.17, 15) is 0 Å². The summed E-state index contributed by atoms with van der Waals surface area (Å²) in [6, 6.07) is 92.1. The Hall–Kier alpha value is -8.20. The molecular weight excluding hydrogens is 749 g/mol. The third-order valence-electron chi connectivity index (χ3n) is 12.0. The number of fused-ring (bicyclic) bond motifs is 3. The highest BCUT2D eigenvalue weighted by molar-refractivity contribution is 6.17. The molecule has 2 heteroatoms. The Kier molecular flexibility index (Phi) is 9.57. The maximum Gasteiger partial charge on any atom is 0.0618 e. The third kappa shape index (κ3) is 6.56. The average Bonchev–Trinajstić information content (AvgIpc) is 3.70. The predicted octanol–water partition coefficient (Wildman–Crippen LogP) is 16.6. The van der Waals surface area contributed by atoms with Gasteiger partial charge in [-0.2, -0.15) is 0 Å². The lowest BCUT2D eigenvalue weighted by atomic mass is 9.94. The molecule has 0 aliphatic heterocycles. The van der Waals surface area contributed by atoms with Crippen LogP contribution in [0.4, 0.5) is 17.1 Å². The van der Waals surface area contributed by atoms with E-state index in [-0.39, 0.29) is 0 Å². The van der Waals surface area contributed by atoms with Crippen LogP contribution in [-0.2, 0) is 0 Å². The zero-order valence-electron chi connectivity index (χ0n) is 34.1. The summed E-state index contributed by atoms with van der Waals surface area (Å²) in [5, 5.41) is 2.38. The van der Waals surface area contributed by atoms with Gasteiger partial charge in [0.2, 0.25) is 0 Å². The highest BCUT2D eigenvalue weighted by atomic mass is 15.2. The summed E-state index contributed by atoms with van der Waals surface area (Å²) in [7, 11) is 0. The smallest absolute Gasteiger partial charge is 0.0618 e. The van der Waals surface area contributed by atoms with Gasteiger partial charge in [0.05, 0.1) is 28.1 Å². The van der Waals surface area contributed by atoms with E-state index in [1.807, 2.05) is 0 Å². The van der Waals surface area contributed by atoms with Gasteiger partial charge in [0, 0.05) is 33.2 Å². The van der Waals surface area contributed by atoms with Crippen LogP contribution in [0.1, 0.15) is 0 Å². The predicted molar refractivity (Wildman–Crippen MR) is 263 cm³/mol. The van der Waals surface area contributed by atoms with E-state index in [2.05, 4.69) is 264 Å². The minimum absolute atomic E-state index is 1.08. The normalized spacial score (nSPS) is 11.2. The molecule has 0 saturated carbocycles. The summed E-state index contributed by atoms with van der Waals surface area (Å²) in [6.07, 6.45) is 0. The molecule has 0 N–H and O–H groups in total. The van der Waals surface area contributed by atoms with E-state index in [0.29, 0.717) is 0 Å². The molecule has 0 amide bonds. The molecule has 10 aromatic carbocycles. The molecule has 0 radical (unpaired) electrons. The minimum atomic E-state index is 1.08. The van der Waals surface area contributed by atoms with Crippen LogP contribution >= 0.6 is 0 Å².